The minimum Gasteiger partial charge on any atom is -0.308 e. The van der Waals surface area contributed by atoms with Gasteiger partial charge in [0.05, 0.1) is 0 Å². The fourth-order valence-electron chi connectivity index (χ4n) is 3.59. The van der Waals surface area contributed by atoms with Crippen molar-refractivity contribution in [1.82, 2.24) is 9.88 Å². The molecule has 4 nitrogen and oxygen atoms in total. The highest BCUT2D eigenvalue weighted by Crippen LogP contribution is 2.36. The summed E-state index contributed by atoms with van der Waals surface area (Å²) in [4.78, 5) is 6.81. The van der Waals surface area contributed by atoms with Gasteiger partial charge in [0.25, 0.3) is 0 Å². The molecule has 2 fully saturated rings. The van der Waals surface area contributed by atoms with Crippen LogP contribution in [0.25, 0.3) is 0 Å². The molecule has 1 aliphatic carbocycles. The highest BCUT2D eigenvalue weighted by Gasteiger charge is 2.35. The number of nitrogen functional groups attached to an aromatic ring is 1. The van der Waals surface area contributed by atoms with Gasteiger partial charge in [-0.3, -0.25) is 4.90 Å². The predicted molar refractivity (Wildman–Crippen MR) is 72.8 cm³/mol. The largest absolute Gasteiger partial charge is 0.308 e. The molecular weight excluding hydrogens is 224 g/mol. The molecule has 1 aromatic heterocycles. The molecule has 0 bridgehead atoms. The number of nitrogens with one attached hydrogen (secondary N) is 1. The molecular formula is C14H22N4. The Labute approximate surface area is 109 Å². The Morgan fingerprint density at radius 1 is 1.33 bits per heavy atom. The van der Waals surface area contributed by atoms with E-state index in [1.54, 1.807) is 0 Å². The van der Waals surface area contributed by atoms with Crippen LogP contribution in [0.3, 0.4) is 0 Å². The van der Waals surface area contributed by atoms with E-state index in [1.807, 2.05) is 6.20 Å². The van der Waals surface area contributed by atoms with Crippen LogP contribution in [0.15, 0.2) is 18.3 Å². The van der Waals surface area contributed by atoms with Crippen molar-refractivity contribution in [3.05, 3.63) is 23.9 Å². The molecule has 2 heterocycles. The molecule has 0 radical (unpaired) electrons. The monoisotopic (exact) mass is 246 g/mol. The van der Waals surface area contributed by atoms with Crippen LogP contribution in [0.1, 0.15) is 37.7 Å². The van der Waals surface area contributed by atoms with Crippen molar-refractivity contribution in [2.24, 2.45) is 11.8 Å². The van der Waals surface area contributed by atoms with Crippen LogP contribution in [0.2, 0.25) is 0 Å². The number of likely N-dealkylation sites (tertiary alicyclic amines) is 1. The van der Waals surface area contributed by atoms with Gasteiger partial charge in [-0.1, -0.05) is 12.8 Å². The molecule has 1 saturated heterocycles. The van der Waals surface area contributed by atoms with Gasteiger partial charge in [-0.25, -0.2) is 10.8 Å². The van der Waals surface area contributed by atoms with E-state index >= 15 is 0 Å². The van der Waals surface area contributed by atoms with Crippen LogP contribution >= 0.6 is 0 Å². The summed E-state index contributed by atoms with van der Waals surface area (Å²) in [5.74, 6) is 7.11. The van der Waals surface area contributed by atoms with E-state index in [2.05, 4.69) is 27.4 Å². The third kappa shape index (κ3) is 2.35. The molecule has 98 valence electrons. The molecule has 0 amide bonds. The van der Waals surface area contributed by atoms with E-state index in [1.165, 1.54) is 44.2 Å². The van der Waals surface area contributed by atoms with Crippen LogP contribution in [0.5, 0.6) is 0 Å². The van der Waals surface area contributed by atoms with Gasteiger partial charge in [-0.05, 0) is 49.4 Å². The number of aromatic nitrogens is 1. The van der Waals surface area contributed by atoms with Crippen LogP contribution in [0, 0.1) is 5.92 Å². The lowest BCUT2D eigenvalue weighted by Gasteiger charge is -2.31. The maximum atomic E-state index is 5.41. The maximum absolute atomic E-state index is 5.41. The highest BCUT2D eigenvalue weighted by molar-refractivity contribution is 5.35. The first-order chi connectivity index (χ1) is 8.86. The number of hydrogen-bond donors (Lipinski definition) is 2. The first-order valence-electron chi connectivity index (χ1n) is 7.02. The number of rotatable bonds is 3. The molecule has 1 aromatic rings. The fraction of sp³-hybridized carbons (Fsp3) is 0.643. The van der Waals surface area contributed by atoms with Gasteiger partial charge in [0.2, 0.25) is 0 Å². The van der Waals surface area contributed by atoms with Gasteiger partial charge in [0, 0.05) is 18.8 Å². The predicted octanol–water partition coefficient (Wildman–Crippen LogP) is 2.13. The van der Waals surface area contributed by atoms with Gasteiger partial charge < -0.3 is 5.43 Å². The summed E-state index contributed by atoms with van der Waals surface area (Å²) in [6, 6.07) is 4.97. The number of anilines is 1. The van der Waals surface area contributed by atoms with Crippen molar-refractivity contribution in [2.45, 2.75) is 44.7 Å². The first kappa shape index (κ1) is 11.9. The molecule has 3 rings (SSSR count). The molecule has 0 aromatic carbocycles. The molecule has 2 unspecified atom stereocenters. The molecule has 1 saturated carbocycles. The van der Waals surface area contributed by atoms with Gasteiger partial charge in [0.15, 0.2) is 0 Å². The normalized spacial score (nSPS) is 28.1. The summed E-state index contributed by atoms with van der Waals surface area (Å²) in [5, 5.41) is 0. The molecule has 3 N–H and O–H groups in total. The summed E-state index contributed by atoms with van der Waals surface area (Å²) in [5.41, 5.74) is 3.93. The second kappa shape index (κ2) is 5.24. The van der Waals surface area contributed by atoms with Crippen molar-refractivity contribution < 1.29 is 0 Å². The quantitative estimate of drug-likeness (QED) is 0.633. The lowest BCUT2D eigenvalue weighted by atomic mass is 9.85. The van der Waals surface area contributed by atoms with E-state index in [0.717, 1.165) is 24.3 Å². The Morgan fingerprint density at radius 3 is 3.11 bits per heavy atom. The number of fused-ring (bicyclic) bond motifs is 1. The topological polar surface area (TPSA) is 54.2 Å². The molecule has 18 heavy (non-hydrogen) atoms. The number of hydrazine groups is 1. The van der Waals surface area contributed by atoms with Gasteiger partial charge in [-0.15, -0.1) is 0 Å². The number of pyridine rings is 1. The van der Waals surface area contributed by atoms with Crippen molar-refractivity contribution in [3.63, 3.8) is 0 Å². The van der Waals surface area contributed by atoms with Crippen LogP contribution in [-0.4, -0.2) is 22.5 Å². The average molecular weight is 246 g/mol. The Bertz CT molecular complexity index is 407. The Balaban J connectivity index is 1.68. The average Bonchev–Trinajstić information content (AvgIpc) is 2.83. The Morgan fingerprint density at radius 2 is 2.22 bits per heavy atom. The van der Waals surface area contributed by atoms with Gasteiger partial charge in [0.1, 0.15) is 5.82 Å². The SMILES string of the molecule is NNc1cc(CN2CCC3CCCCC32)ccn1. The summed E-state index contributed by atoms with van der Waals surface area (Å²) < 4.78 is 0. The summed E-state index contributed by atoms with van der Waals surface area (Å²) in [7, 11) is 0. The van der Waals surface area contributed by atoms with E-state index in [0.29, 0.717) is 0 Å². The number of nitrogens with zero attached hydrogens (tertiary/aromatic N) is 2. The van der Waals surface area contributed by atoms with Crippen molar-refractivity contribution in [1.29, 1.82) is 0 Å². The Kier molecular flexibility index (Phi) is 3.48. The lowest BCUT2D eigenvalue weighted by Crippen LogP contribution is -2.34. The van der Waals surface area contributed by atoms with Gasteiger partial charge >= 0.3 is 0 Å². The van der Waals surface area contributed by atoms with Crippen molar-refractivity contribution in [2.75, 3.05) is 12.0 Å². The summed E-state index contributed by atoms with van der Waals surface area (Å²) in [6.07, 6.45) is 8.89. The van der Waals surface area contributed by atoms with Crippen molar-refractivity contribution in [3.8, 4) is 0 Å². The molecule has 2 atom stereocenters. The van der Waals surface area contributed by atoms with Crippen LogP contribution in [-0.2, 0) is 6.54 Å². The van der Waals surface area contributed by atoms with E-state index in [4.69, 9.17) is 5.84 Å². The molecule has 1 aliphatic heterocycles. The van der Waals surface area contributed by atoms with E-state index < -0.39 is 0 Å². The van der Waals surface area contributed by atoms with E-state index in [-0.39, 0.29) is 0 Å². The van der Waals surface area contributed by atoms with Crippen molar-refractivity contribution >= 4 is 5.82 Å². The highest BCUT2D eigenvalue weighted by atomic mass is 15.2. The van der Waals surface area contributed by atoms with Crippen LogP contribution in [0.4, 0.5) is 5.82 Å². The number of nitrogens with two attached hydrogens (primary N) is 1. The summed E-state index contributed by atoms with van der Waals surface area (Å²) >= 11 is 0. The number of hydrogen-bond acceptors (Lipinski definition) is 4. The summed E-state index contributed by atoms with van der Waals surface area (Å²) in [6.45, 7) is 2.29. The maximum Gasteiger partial charge on any atom is 0.140 e. The van der Waals surface area contributed by atoms with Crippen LogP contribution < -0.4 is 11.3 Å². The second-order valence-electron chi connectivity index (χ2n) is 5.56. The smallest absolute Gasteiger partial charge is 0.140 e. The minimum atomic E-state index is 0.756. The Hall–Kier alpha value is -1.13. The van der Waals surface area contributed by atoms with Gasteiger partial charge in [-0.2, -0.15) is 0 Å². The fourth-order valence-corrected chi connectivity index (χ4v) is 3.59. The first-order valence-corrected chi connectivity index (χ1v) is 7.02. The minimum absolute atomic E-state index is 0.756. The zero-order valence-corrected chi connectivity index (χ0v) is 10.8. The zero-order chi connectivity index (χ0) is 12.4. The standard InChI is InChI=1S/C14H22N4/c15-17-14-9-11(5-7-16-14)10-18-8-6-12-3-1-2-4-13(12)18/h5,7,9,12-13H,1-4,6,8,10,15H2,(H,16,17). The molecule has 2 aliphatic rings. The molecule has 0 spiro atoms. The third-order valence-corrected chi connectivity index (χ3v) is 4.48. The zero-order valence-electron chi connectivity index (χ0n) is 10.8. The third-order valence-electron chi connectivity index (χ3n) is 4.48. The lowest BCUT2D eigenvalue weighted by molar-refractivity contribution is 0.176. The molecule has 4 heteroatoms. The van der Waals surface area contributed by atoms with E-state index in [9.17, 15) is 0 Å². The second-order valence-corrected chi connectivity index (χ2v) is 5.56.